The Labute approximate surface area is 134 Å². The number of nitrogens with one attached hydrogen (secondary N) is 2. The summed E-state index contributed by atoms with van der Waals surface area (Å²) in [5.74, 6) is 1.55. The predicted octanol–water partition coefficient (Wildman–Crippen LogP) is 1.87. The molecule has 0 aromatic heterocycles. The van der Waals surface area contributed by atoms with Gasteiger partial charge in [-0.1, -0.05) is 26.7 Å². The maximum Gasteiger partial charge on any atom is 0.191 e. The van der Waals surface area contributed by atoms with Crippen molar-refractivity contribution in [3.8, 4) is 0 Å². The number of aliphatic imine (C=N–C) groups is 1. The average molecular weight is 387 g/mol. The Bertz CT molecular complexity index is 212. The molecule has 0 aliphatic rings. The van der Waals surface area contributed by atoms with Gasteiger partial charge in [0.25, 0.3) is 0 Å². The summed E-state index contributed by atoms with van der Waals surface area (Å²) in [7, 11) is 3.46. The second kappa shape index (κ2) is 16.0. The molecule has 19 heavy (non-hydrogen) atoms. The van der Waals surface area contributed by atoms with Crippen LogP contribution in [0.15, 0.2) is 4.99 Å². The van der Waals surface area contributed by atoms with Crippen molar-refractivity contribution in [3.63, 3.8) is 0 Å². The number of hydrogen-bond acceptors (Lipinski definition) is 3. The molecule has 0 aromatic carbocycles. The normalized spacial score (nSPS) is 11.3. The largest absolute Gasteiger partial charge is 0.382 e. The van der Waals surface area contributed by atoms with Crippen LogP contribution in [0.4, 0.5) is 0 Å². The van der Waals surface area contributed by atoms with E-state index in [4.69, 9.17) is 9.47 Å². The average Bonchev–Trinajstić information content (AvgIpc) is 2.41. The van der Waals surface area contributed by atoms with Gasteiger partial charge < -0.3 is 20.1 Å². The van der Waals surface area contributed by atoms with Gasteiger partial charge in [-0.05, 0) is 5.92 Å². The maximum absolute atomic E-state index is 5.37. The Kier molecular flexibility index (Phi) is 17.8. The van der Waals surface area contributed by atoms with Crippen molar-refractivity contribution in [2.75, 3.05) is 47.1 Å². The third-order valence-electron chi connectivity index (χ3n) is 2.91. The summed E-state index contributed by atoms with van der Waals surface area (Å²) in [5.41, 5.74) is 0. The van der Waals surface area contributed by atoms with E-state index < -0.39 is 0 Å². The molecule has 0 saturated carbocycles. The molecule has 0 spiro atoms. The van der Waals surface area contributed by atoms with E-state index in [1.165, 1.54) is 12.8 Å². The van der Waals surface area contributed by atoms with Crippen LogP contribution in [-0.2, 0) is 9.47 Å². The van der Waals surface area contributed by atoms with E-state index >= 15 is 0 Å². The fourth-order valence-corrected chi connectivity index (χ4v) is 1.52. The summed E-state index contributed by atoms with van der Waals surface area (Å²) in [4.78, 5) is 4.18. The van der Waals surface area contributed by atoms with E-state index in [9.17, 15) is 0 Å². The molecular weight excluding hydrogens is 357 g/mol. The Hall–Kier alpha value is -0.0800. The third-order valence-corrected chi connectivity index (χ3v) is 2.91. The van der Waals surface area contributed by atoms with Gasteiger partial charge in [0, 0.05) is 27.2 Å². The molecule has 0 saturated heterocycles. The second-order valence-corrected chi connectivity index (χ2v) is 4.17. The van der Waals surface area contributed by atoms with Crippen LogP contribution in [0.1, 0.15) is 26.7 Å². The SMILES string of the molecule is CCC(CC)CNC(=NC)NCCOCCOC.I. The first-order valence-corrected chi connectivity index (χ1v) is 6.79. The zero-order valence-electron chi connectivity index (χ0n) is 12.7. The van der Waals surface area contributed by atoms with Gasteiger partial charge in [-0.2, -0.15) is 0 Å². The molecule has 6 heteroatoms. The van der Waals surface area contributed by atoms with Crippen LogP contribution >= 0.6 is 24.0 Å². The van der Waals surface area contributed by atoms with Crippen LogP contribution in [0.3, 0.4) is 0 Å². The molecule has 0 heterocycles. The van der Waals surface area contributed by atoms with Gasteiger partial charge in [0.15, 0.2) is 5.96 Å². The molecule has 0 bridgehead atoms. The monoisotopic (exact) mass is 387 g/mol. The summed E-state index contributed by atoms with van der Waals surface area (Å²) in [6.07, 6.45) is 2.39. The lowest BCUT2D eigenvalue weighted by Gasteiger charge is -2.16. The van der Waals surface area contributed by atoms with Crippen molar-refractivity contribution in [1.82, 2.24) is 10.6 Å². The lowest BCUT2D eigenvalue weighted by Crippen LogP contribution is -2.41. The Morgan fingerprint density at radius 2 is 1.79 bits per heavy atom. The molecular formula is C13H30IN3O2. The minimum Gasteiger partial charge on any atom is -0.382 e. The van der Waals surface area contributed by atoms with Gasteiger partial charge in [-0.15, -0.1) is 24.0 Å². The maximum atomic E-state index is 5.37. The topological polar surface area (TPSA) is 54.9 Å². The molecule has 0 atom stereocenters. The number of halogens is 1. The smallest absolute Gasteiger partial charge is 0.191 e. The van der Waals surface area contributed by atoms with E-state index in [1.54, 1.807) is 14.2 Å². The summed E-state index contributed by atoms with van der Waals surface area (Å²) in [6.45, 7) is 8.10. The van der Waals surface area contributed by atoms with Crippen molar-refractivity contribution in [1.29, 1.82) is 0 Å². The first-order valence-electron chi connectivity index (χ1n) is 6.79. The van der Waals surface area contributed by atoms with E-state index in [1.807, 2.05) is 0 Å². The highest BCUT2D eigenvalue weighted by Gasteiger charge is 2.04. The minimum atomic E-state index is 0. The number of rotatable bonds is 10. The number of ether oxygens (including phenoxy) is 2. The lowest BCUT2D eigenvalue weighted by atomic mass is 10.0. The van der Waals surface area contributed by atoms with Gasteiger partial charge >= 0.3 is 0 Å². The standard InChI is InChI=1S/C13H29N3O2.HI/c1-5-12(6-2)11-16-13(14-3)15-7-8-18-10-9-17-4;/h12H,5-11H2,1-4H3,(H2,14,15,16);1H. The summed E-state index contributed by atoms with van der Waals surface area (Å²) >= 11 is 0. The van der Waals surface area contributed by atoms with Crippen LogP contribution in [0, 0.1) is 5.92 Å². The van der Waals surface area contributed by atoms with E-state index in [-0.39, 0.29) is 24.0 Å². The molecule has 5 nitrogen and oxygen atoms in total. The third kappa shape index (κ3) is 12.7. The van der Waals surface area contributed by atoms with Crippen LogP contribution in [-0.4, -0.2) is 53.0 Å². The number of hydrogen-bond donors (Lipinski definition) is 2. The van der Waals surface area contributed by atoms with Crippen molar-refractivity contribution in [2.45, 2.75) is 26.7 Å². The molecule has 0 fully saturated rings. The zero-order valence-corrected chi connectivity index (χ0v) is 15.0. The highest BCUT2D eigenvalue weighted by molar-refractivity contribution is 14.0. The first-order chi connectivity index (χ1) is 8.78. The van der Waals surface area contributed by atoms with E-state index in [0.29, 0.717) is 25.7 Å². The van der Waals surface area contributed by atoms with Crippen molar-refractivity contribution < 1.29 is 9.47 Å². The van der Waals surface area contributed by atoms with Crippen molar-refractivity contribution in [2.24, 2.45) is 10.9 Å². The van der Waals surface area contributed by atoms with Gasteiger partial charge in [0.2, 0.25) is 0 Å². The molecule has 0 amide bonds. The Balaban J connectivity index is 0. The Morgan fingerprint density at radius 3 is 2.32 bits per heavy atom. The fourth-order valence-electron chi connectivity index (χ4n) is 1.52. The van der Waals surface area contributed by atoms with Gasteiger partial charge in [-0.25, -0.2) is 0 Å². The Morgan fingerprint density at radius 1 is 1.11 bits per heavy atom. The number of nitrogens with zero attached hydrogens (tertiary/aromatic N) is 1. The highest BCUT2D eigenvalue weighted by Crippen LogP contribution is 2.04. The van der Waals surface area contributed by atoms with Gasteiger partial charge in [-0.3, -0.25) is 4.99 Å². The van der Waals surface area contributed by atoms with Crippen LogP contribution in [0.5, 0.6) is 0 Å². The van der Waals surface area contributed by atoms with Crippen LogP contribution in [0.2, 0.25) is 0 Å². The summed E-state index contributed by atoms with van der Waals surface area (Å²) < 4.78 is 10.3. The highest BCUT2D eigenvalue weighted by atomic mass is 127. The van der Waals surface area contributed by atoms with Crippen molar-refractivity contribution in [3.05, 3.63) is 0 Å². The van der Waals surface area contributed by atoms with Crippen LogP contribution in [0.25, 0.3) is 0 Å². The molecule has 0 aliphatic carbocycles. The second-order valence-electron chi connectivity index (χ2n) is 4.17. The number of guanidine groups is 1. The molecule has 2 N–H and O–H groups in total. The summed E-state index contributed by atoms with van der Waals surface area (Å²) in [6, 6.07) is 0. The molecule has 0 aromatic rings. The van der Waals surface area contributed by atoms with Crippen molar-refractivity contribution >= 4 is 29.9 Å². The quantitative estimate of drug-likeness (QED) is 0.260. The molecule has 116 valence electrons. The molecule has 0 aliphatic heterocycles. The zero-order chi connectivity index (χ0) is 13.6. The lowest BCUT2D eigenvalue weighted by molar-refractivity contribution is 0.0733. The van der Waals surface area contributed by atoms with Crippen LogP contribution < -0.4 is 10.6 Å². The first kappa shape index (κ1) is 21.2. The van der Waals surface area contributed by atoms with E-state index in [0.717, 1.165) is 19.0 Å². The van der Waals surface area contributed by atoms with Gasteiger partial charge in [0.05, 0.1) is 19.8 Å². The molecule has 0 rings (SSSR count). The number of methoxy groups -OCH3 is 1. The van der Waals surface area contributed by atoms with E-state index in [2.05, 4.69) is 29.5 Å². The predicted molar refractivity (Wildman–Crippen MR) is 91.5 cm³/mol. The fraction of sp³-hybridized carbons (Fsp3) is 0.923. The molecule has 0 radical (unpaired) electrons. The summed E-state index contributed by atoms with van der Waals surface area (Å²) in [5, 5.41) is 6.56. The molecule has 0 unspecified atom stereocenters. The van der Waals surface area contributed by atoms with Gasteiger partial charge in [0.1, 0.15) is 0 Å². The minimum absolute atomic E-state index is 0.